The van der Waals surface area contributed by atoms with E-state index in [1.807, 2.05) is 18.2 Å². The zero-order chi connectivity index (χ0) is 15.4. The van der Waals surface area contributed by atoms with Gasteiger partial charge in [-0.1, -0.05) is 15.9 Å². The summed E-state index contributed by atoms with van der Waals surface area (Å²) < 4.78 is 6.17. The molecule has 1 aromatic carbocycles. The van der Waals surface area contributed by atoms with Crippen LogP contribution in [0.15, 0.2) is 22.7 Å². The quantitative estimate of drug-likeness (QED) is 0.850. The molecule has 2 atom stereocenters. The van der Waals surface area contributed by atoms with Crippen LogP contribution in [0.1, 0.15) is 24.8 Å². The predicted octanol–water partition coefficient (Wildman–Crippen LogP) is 2.57. The minimum atomic E-state index is -0.807. The number of carboxylic acids is 1. The van der Waals surface area contributed by atoms with Crippen LogP contribution in [0.4, 0.5) is 0 Å². The second-order valence-corrected chi connectivity index (χ2v) is 6.13. The van der Waals surface area contributed by atoms with E-state index < -0.39 is 5.97 Å². The highest BCUT2D eigenvalue weighted by Gasteiger charge is 2.33. The Morgan fingerprint density at radius 3 is 2.71 bits per heavy atom. The second-order valence-electron chi connectivity index (χ2n) is 5.22. The van der Waals surface area contributed by atoms with Crippen LogP contribution in [0.25, 0.3) is 0 Å². The summed E-state index contributed by atoms with van der Waals surface area (Å²) >= 11 is 3.39. The molecule has 6 heteroatoms. The van der Waals surface area contributed by atoms with Crippen molar-refractivity contribution in [2.75, 3.05) is 7.11 Å². The molecular weight excluding hydrogens is 338 g/mol. The lowest BCUT2D eigenvalue weighted by Crippen LogP contribution is -2.29. The number of aliphatic carboxylic acids is 1. The van der Waals surface area contributed by atoms with Crippen LogP contribution in [-0.2, 0) is 16.1 Å². The van der Waals surface area contributed by atoms with Gasteiger partial charge in [0.25, 0.3) is 0 Å². The third-order valence-electron chi connectivity index (χ3n) is 3.85. The first-order valence-electron chi connectivity index (χ1n) is 6.84. The van der Waals surface area contributed by atoms with Gasteiger partial charge in [-0.3, -0.25) is 9.59 Å². The largest absolute Gasteiger partial charge is 0.496 e. The van der Waals surface area contributed by atoms with E-state index in [0.717, 1.165) is 10.0 Å². The van der Waals surface area contributed by atoms with E-state index in [2.05, 4.69) is 21.2 Å². The Labute approximate surface area is 131 Å². The minimum absolute atomic E-state index is 0.0826. The van der Waals surface area contributed by atoms with Gasteiger partial charge in [0, 0.05) is 22.5 Å². The monoisotopic (exact) mass is 355 g/mol. The maximum absolute atomic E-state index is 12.1. The molecule has 0 radical (unpaired) electrons. The molecule has 1 amide bonds. The number of hydrogen-bond acceptors (Lipinski definition) is 3. The van der Waals surface area contributed by atoms with Crippen LogP contribution in [-0.4, -0.2) is 24.1 Å². The van der Waals surface area contributed by atoms with Gasteiger partial charge in [0.2, 0.25) is 5.91 Å². The van der Waals surface area contributed by atoms with Crippen molar-refractivity contribution in [2.45, 2.75) is 25.8 Å². The van der Waals surface area contributed by atoms with Crippen molar-refractivity contribution >= 4 is 27.8 Å². The summed E-state index contributed by atoms with van der Waals surface area (Å²) in [4.78, 5) is 23.0. The van der Waals surface area contributed by atoms with Crippen LogP contribution in [0.5, 0.6) is 5.75 Å². The highest BCUT2D eigenvalue weighted by molar-refractivity contribution is 9.10. The highest BCUT2D eigenvalue weighted by atomic mass is 79.9. The molecule has 0 unspecified atom stereocenters. The van der Waals surface area contributed by atoms with Gasteiger partial charge in [-0.2, -0.15) is 0 Å². The zero-order valence-electron chi connectivity index (χ0n) is 11.8. The Morgan fingerprint density at radius 1 is 1.38 bits per heavy atom. The molecule has 5 nitrogen and oxygen atoms in total. The smallest absolute Gasteiger partial charge is 0.306 e. The number of carbonyl (C=O) groups is 2. The Balaban J connectivity index is 1.93. The fraction of sp³-hybridized carbons (Fsp3) is 0.467. The second kappa shape index (κ2) is 6.93. The number of carboxylic acid groups (broad SMARTS) is 1. The lowest BCUT2D eigenvalue weighted by molar-refractivity contribution is -0.141. The molecule has 0 aliphatic heterocycles. The number of carbonyl (C=O) groups excluding carboxylic acids is 1. The molecule has 2 rings (SSSR count). The summed E-state index contributed by atoms with van der Waals surface area (Å²) in [6, 6.07) is 5.61. The molecule has 1 fully saturated rings. The fourth-order valence-electron chi connectivity index (χ4n) is 2.66. The standard InChI is InChI=1S/C15H18BrNO4/c1-21-13-5-4-12(16)7-11(13)8-17-14(18)9-2-3-10(6-9)15(19)20/h4-5,7,9-10H,2-3,6,8H2,1H3,(H,17,18)(H,19,20)/t9-,10+/m1/s1. The molecule has 0 heterocycles. The molecule has 0 saturated heterocycles. The number of nitrogens with one attached hydrogen (secondary N) is 1. The van der Waals surface area contributed by atoms with E-state index in [4.69, 9.17) is 9.84 Å². The number of methoxy groups -OCH3 is 1. The van der Waals surface area contributed by atoms with Gasteiger partial charge < -0.3 is 15.2 Å². The van der Waals surface area contributed by atoms with Crippen LogP contribution in [0.2, 0.25) is 0 Å². The topological polar surface area (TPSA) is 75.6 Å². The number of halogens is 1. The Morgan fingerprint density at radius 2 is 2.10 bits per heavy atom. The first kappa shape index (κ1) is 15.8. The van der Waals surface area contributed by atoms with E-state index in [1.165, 1.54) is 0 Å². The average Bonchev–Trinajstić information content (AvgIpc) is 2.95. The van der Waals surface area contributed by atoms with Crippen molar-refractivity contribution in [3.8, 4) is 5.75 Å². The summed E-state index contributed by atoms with van der Waals surface area (Å²) in [5.41, 5.74) is 0.882. The van der Waals surface area contributed by atoms with Gasteiger partial charge in [0.05, 0.1) is 13.0 Å². The normalized spacial score (nSPS) is 21.0. The molecule has 0 bridgehead atoms. The molecule has 21 heavy (non-hydrogen) atoms. The minimum Gasteiger partial charge on any atom is -0.496 e. The van der Waals surface area contributed by atoms with Gasteiger partial charge in [-0.05, 0) is 37.5 Å². The predicted molar refractivity (Wildman–Crippen MR) is 81.0 cm³/mol. The summed E-state index contributed by atoms with van der Waals surface area (Å²) in [7, 11) is 1.59. The van der Waals surface area contributed by atoms with Gasteiger partial charge in [-0.15, -0.1) is 0 Å². The summed E-state index contributed by atoms with van der Waals surface area (Å²) in [5, 5.41) is 11.8. The van der Waals surface area contributed by atoms with Crippen molar-refractivity contribution in [2.24, 2.45) is 11.8 Å². The number of rotatable bonds is 5. The van der Waals surface area contributed by atoms with Crippen molar-refractivity contribution < 1.29 is 19.4 Å². The molecule has 1 saturated carbocycles. The summed E-state index contributed by atoms with van der Waals surface area (Å²) in [5.74, 6) is -0.765. The Hall–Kier alpha value is -1.56. The Bertz CT molecular complexity index is 546. The van der Waals surface area contributed by atoms with Gasteiger partial charge in [-0.25, -0.2) is 0 Å². The first-order valence-corrected chi connectivity index (χ1v) is 7.63. The average molecular weight is 356 g/mol. The lowest BCUT2D eigenvalue weighted by atomic mass is 10.0. The molecule has 1 aliphatic carbocycles. The van der Waals surface area contributed by atoms with E-state index in [0.29, 0.717) is 31.6 Å². The highest BCUT2D eigenvalue weighted by Crippen LogP contribution is 2.31. The van der Waals surface area contributed by atoms with Gasteiger partial charge >= 0.3 is 5.97 Å². The van der Waals surface area contributed by atoms with Gasteiger partial charge in [0.1, 0.15) is 5.75 Å². The maximum Gasteiger partial charge on any atom is 0.306 e. The number of hydrogen-bond donors (Lipinski definition) is 2. The number of ether oxygens (including phenoxy) is 1. The van der Waals surface area contributed by atoms with Crippen LogP contribution in [0, 0.1) is 11.8 Å². The van der Waals surface area contributed by atoms with Crippen molar-refractivity contribution in [3.05, 3.63) is 28.2 Å². The molecule has 114 valence electrons. The molecular formula is C15H18BrNO4. The van der Waals surface area contributed by atoms with E-state index in [1.54, 1.807) is 7.11 Å². The van der Waals surface area contributed by atoms with Crippen LogP contribution in [0.3, 0.4) is 0 Å². The van der Waals surface area contributed by atoms with E-state index >= 15 is 0 Å². The summed E-state index contributed by atoms with van der Waals surface area (Å²) in [6.07, 6.45) is 1.64. The Kier molecular flexibility index (Phi) is 5.22. The molecule has 1 aliphatic rings. The van der Waals surface area contributed by atoms with Gasteiger partial charge in [0.15, 0.2) is 0 Å². The lowest BCUT2D eigenvalue weighted by Gasteiger charge is -2.13. The number of benzene rings is 1. The summed E-state index contributed by atoms with van der Waals surface area (Å²) in [6.45, 7) is 0.371. The third kappa shape index (κ3) is 3.97. The maximum atomic E-state index is 12.1. The van der Waals surface area contributed by atoms with E-state index in [9.17, 15) is 9.59 Å². The third-order valence-corrected chi connectivity index (χ3v) is 4.34. The molecule has 0 aromatic heterocycles. The van der Waals surface area contributed by atoms with Crippen molar-refractivity contribution in [3.63, 3.8) is 0 Å². The first-order chi connectivity index (χ1) is 10.0. The van der Waals surface area contributed by atoms with E-state index in [-0.39, 0.29) is 17.7 Å². The van der Waals surface area contributed by atoms with Crippen LogP contribution >= 0.6 is 15.9 Å². The SMILES string of the molecule is COc1ccc(Br)cc1CNC(=O)[C@@H]1CC[C@H](C(=O)O)C1. The van der Waals surface area contributed by atoms with Crippen molar-refractivity contribution in [1.29, 1.82) is 0 Å². The van der Waals surface area contributed by atoms with Crippen LogP contribution < -0.4 is 10.1 Å². The fourth-order valence-corrected chi connectivity index (χ4v) is 3.06. The molecule has 0 spiro atoms. The zero-order valence-corrected chi connectivity index (χ0v) is 13.4. The molecule has 2 N–H and O–H groups in total. The molecule has 1 aromatic rings. The number of amides is 1. The van der Waals surface area contributed by atoms with Crippen molar-refractivity contribution in [1.82, 2.24) is 5.32 Å².